The number of phenols is 2. The number of rotatable bonds is 4. The molecule has 127 valence electrons. The smallest absolute Gasteiger partial charge is 0.119 e. The van der Waals surface area contributed by atoms with E-state index in [1.54, 1.807) is 24.3 Å². The molecular formula is C18H26N2O2Y-4. The van der Waals surface area contributed by atoms with E-state index in [0.29, 0.717) is 24.6 Å². The van der Waals surface area contributed by atoms with E-state index in [2.05, 4.69) is 24.7 Å². The van der Waals surface area contributed by atoms with Gasteiger partial charge in [0, 0.05) is 43.8 Å². The van der Waals surface area contributed by atoms with E-state index in [1.807, 2.05) is 24.3 Å². The van der Waals surface area contributed by atoms with Gasteiger partial charge in [-0.1, -0.05) is 36.4 Å². The van der Waals surface area contributed by atoms with Crippen molar-refractivity contribution in [2.24, 2.45) is 0 Å². The van der Waals surface area contributed by atoms with Gasteiger partial charge in [-0.15, -0.1) is 0 Å². The van der Waals surface area contributed by atoms with Crippen molar-refractivity contribution in [3.63, 3.8) is 0 Å². The number of para-hydroxylation sites is 2. The molecule has 0 aliphatic rings. The van der Waals surface area contributed by atoms with Crippen LogP contribution < -0.4 is 10.6 Å². The Balaban J connectivity index is -0.000000308. The molecule has 0 fully saturated rings. The summed E-state index contributed by atoms with van der Waals surface area (Å²) in [5.41, 5.74) is 1.75. The fourth-order valence-electron chi connectivity index (χ4n) is 1.59. The molecule has 0 saturated carbocycles. The third kappa shape index (κ3) is 10.5. The van der Waals surface area contributed by atoms with Crippen LogP contribution >= 0.6 is 0 Å². The Morgan fingerprint density at radius 2 is 1.00 bits per heavy atom. The first-order chi connectivity index (χ1) is 9.69. The standard InChI is InChI=1S/2C8H10NO.2CH3.Y/c2*1-9-6-7-4-2-3-5-8(7)10;;;/h2*2-5,9-10H,1,6H2;2*1H3;/q4*-1;. The van der Waals surface area contributed by atoms with Crippen molar-refractivity contribution in [1.82, 2.24) is 10.6 Å². The van der Waals surface area contributed by atoms with Crippen LogP contribution in [-0.4, -0.2) is 10.2 Å². The molecule has 2 aromatic rings. The first kappa shape index (κ1) is 26.9. The summed E-state index contributed by atoms with van der Waals surface area (Å²) in [5, 5.41) is 23.8. The SMILES string of the molecule is [CH2-]NCc1ccccc1O.[CH2-]NCc1ccccc1O.[CH3-].[CH3-].[Y]. The van der Waals surface area contributed by atoms with Crippen LogP contribution in [0.3, 0.4) is 0 Å². The fraction of sp³-hybridized carbons (Fsp3) is 0.111. The Morgan fingerprint density at radius 3 is 1.26 bits per heavy atom. The van der Waals surface area contributed by atoms with Crippen LogP contribution in [0.15, 0.2) is 48.5 Å². The van der Waals surface area contributed by atoms with Gasteiger partial charge in [0.2, 0.25) is 0 Å². The molecule has 0 heterocycles. The predicted molar refractivity (Wildman–Crippen MR) is 93.4 cm³/mol. The van der Waals surface area contributed by atoms with Gasteiger partial charge in [0.05, 0.1) is 0 Å². The molecule has 2 aromatic carbocycles. The molecule has 4 N–H and O–H groups in total. The number of phenolic OH excluding ortho intramolecular Hbond substituents is 2. The molecule has 0 bridgehead atoms. The number of benzene rings is 2. The minimum atomic E-state index is 0. The van der Waals surface area contributed by atoms with Gasteiger partial charge in [-0.2, -0.15) is 0 Å². The Labute approximate surface area is 166 Å². The number of nitrogens with one attached hydrogen (secondary N) is 2. The van der Waals surface area contributed by atoms with Crippen molar-refractivity contribution < 1.29 is 42.9 Å². The van der Waals surface area contributed by atoms with Crippen molar-refractivity contribution in [3.05, 3.63) is 88.6 Å². The van der Waals surface area contributed by atoms with E-state index in [1.165, 1.54) is 0 Å². The second kappa shape index (κ2) is 15.9. The number of hydrogen-bond acceptors (Lipinski definition) is 4. The maximum absolute atomic E-state index is 9.17. The van der Waals surface area contributed by atoms with Crippen molar-refractivity contribution in [2.75, 3.05) is 0 Å². The first-order valence-corrected chi connectivity index (χ1v) is 6.22. The molecule has 0 atom stereocenters. The van der Waals surface area contributed by atoms with Crippen LogP contribution in [0.5, 0.6) is 11.5 Å². The van der Waals surface area contributed by atoms with E-state index in [-0.39, 0.29) is 47.6 Å². The molecular weight excluding hydrogens is 365 g/mol. The monoisotopic (exact) mass is 391 g/mol. The molecule has 0 unspecified atom stereocenters. The van der Waals surface area contributed by atoms with Gasteiger partial charge < -0.3 is 35.7 Å². The summed E-state index contributed by atoms with van der Waals surface area (Å²) in [7, 11) is 6.92. The molecule has 4 nitrogen and oxygen atoms in total. The topological polar surface area (TPSA) is 64.5 Å². The summed E-state index contributed by atoms with van der Waals surface area (Å²) in [4.78, 5) is 0. The van der Waals surface area contributed by atoms with E-state index in [9.17, 15) is 10.2 Å². The summed E-state index contributed by atoms with van der Waals surface area (Å²) >= 11 is 0. The average molecular weight is 391 g/mol. The van der Waals surface area contributed by atoms with Crippen LogP contribution in [0.1, 0.15) is 11.1 Å². The van der Waals surface area contributed by atoms with E-state index in [0.717, 1.165) is 11.1 Å². The van der Waals surface area contributed by atoms with E-state index < -0.39 is 0 Å². The zero-order valence-electron chi connectivity index (χ0n) is 13.9. The minimum absolute atomic E-state index is 0. The second-order valence-electron chi connectivity index (χ2n) is 4.11. The average Bonchev–Trinajstić information content (AvgIpc) is 2.45. The van der Waals surface area contributed by atoms with Gasteiger partial charge >= 0.3 is 0 Å². The van der Waals surface area contributed by atoms with E-state index in [4.69, 9.17) is 0 Å². The van der Waals surface area contributed by atoms with Gasteiger partial charge in [-0.25, -0.2) is 0 Å². The normalized spacial score (nSPS) is 8.43. The van der Waals surface area contributed by atoms with Crippen LogP contribution in [0.25, 0.3) is 0 Å². The van der Waals surface area contributed by atoms with Crippen LogP contribution in [-0.2, 0) is 45.8 Å². The largest absolute Gasteiger partial charge is 0.508 e. The first-order valence-electron chi connectivity index (χ1n) is 6.22. The van der Waals surface area contributed by atoms with E-state index >= 15 is 0 Å². The van der Waals surface area contributed by atoms with Gasteiger partial charge in [-0.05, 0) is 25.2 Å². The molecule has 1 radical (unpaired) electrons. The molecule has 5 heteroatoms. The maximum atomic E-state index is 9.17. The zero-order chi connectivity index (χ0) is 14.8. The van der Waals surface area contributed by atoms with Crippen molar-refractivity contribution in [3.8, 4) is 11.5 Å². The number of aromatic hydroxyl groups is 2. The van der Waals surface area contributed by atoms with Gasteiger partial charge in [0.25, 0.3) is 0 Å². The van der Waals surface area contributed by atoms with Crippen LogP contribution in [0.2, 0.25) is 0 Å². The van der Waals surface area contributed by atoms with Crippen LogP contribution in [0, 0.1) is 28.9 Å². The van der Waals surface area contributed by atoms with Crippen molar-refractivity contribution in [1.29, 1.82) is 0 Å². The Hall–Kier alpha value is -0.936. The molecule has 0 amide bonds. The minimum Gasteiger partial charge on any atom is -0.508 e. The van der Waals surface area contributed by atoms with Gasteiger partial charge in [0.15, 0.2) is 0 Å². The number of hydrogen-bond donors (Lipinski definition) is 4. The summed E-state index contributed by atoms with van der Waals surface area (Å²) in [6.07, 6.45) is 0. The molecule has 0 aromatic heterocycles. The predicted octanol–water partition coefficient (Wildman–Crippen LogP) is 3.44. The van der Waals surface area contributed by atoms with Gasteiger partial charge in [0.1, 0.15) is 11.5 Å². The molecule has 0 saturated heterocycles. The molecule has 0 spiro atoms. The quantitative estimate of drug-likeness (QED) is 0.603. The summed E-state index contributed by atoms with van der Waals surface area (Å²) in [6, 6.07) is 14.4. The Morgan fingerprint density at radius 1 is 0.696 bits per heavy atom. The van der Waals surface area contributed by atoms with Gasteiger partial charge in [-0.3, -0.25) is 14.1 Å². The van der Waals surface area contributed by atoms with Crippen LogP contribution in [0.4, 0.5) is 0 Å². The summed E-state index contributed by atoms with van der Waals surface area (Å²) in [5.74, 6) is 0.636. The maximum Gasteiger partial charge on any atom is 0.119 e. The molecule has 0 aliphatic carbocycles. The molecule has 2 rings (SSSR count). The zero-order valence-corrected chi connectivity index (χ0v) is 16.8. The Kier molecular flexibility index (Phi) is 18.7. The molecule has 23 heavy (non-hydrogen) atoms. The summed E-state index contributed by atoms with van der Waals surface area (Å²) in [6.45, 7) is 1.21. The molecule has 0 aliphatic heterocycles. The van der Waals surface area contributed by atoms with Crippen molar-refractivity contribution >= 4 is 0 Å². The van der Waals surface area contributed by atoms with Crippen molar-refractivity contribution in [2.45, 2.75) is 13.1 Å². The second-order valence-corrected chi connectivity index (χ2v) is 4.11. The fourth-order valence-corrected chi connectivity index (χ4v) is 1.59. The third-order valence-corrected chi connectivity index (χ3v) is 2.61. The third-order valence-electron chi connectivity index (χ3n) is 2.61. The Bertz CT molecular complexity index is 474. The summed E-state index contributed by atoms with van der Waals surface area (Å²) < 4.78 is 0.